The first-order valence-corrected chi connectivity index (χ1v) is 11.5. The van der Waals surface area contributed by atoms with E-state index in [1.54, 1.807) is 69.3 Å². The topological polar surface area (TPSA) is 62.2 Å². The van der Waals surface area contributed by atoms with E-state index in [9.17, 15) is 22.8 Å². The van der Waals surface area contributed by atoms with E-state index in [4.69, 9.17) is 4.74 Å². The highest BCUT2D eigenvalue weighted by Crippen LogP contribution is 2.29. The molecule has 0 bridgehead atoms. The zero-order valence-electron chi connectivity index (χ0n) is 19.3. The van der Waals surface area contributed by atoms with Crippen LogP contribution >= 0.6 is 11.8 Å². The highest BCUT2D eigenvalue weighted by Gasteiger charge is 2.40. The number of thioether (sulfide) groups is 1. The molecule has 0 unspecified atom stereocenters. The third kappa shape index (κ3) is 6.99. The van der Waals surface area contributed by atoms with E-state index in [1.807, 2.05) is 6.92 Å². The van der Waals surface area contributed by atoms with Crippen LogP contribution in [0.4, 0.5) is 23.7 Å². The number of ether oxygens (including phenoxy) is 1. The number of aryl methyl sites for hydroxylation is 1. The van der Waals surface area contributed by atoms with E-state index in [2.05, 4.69) is 4.99 Å². The van der Waals surface area contributed by atoms with E-state index < -0.39 is 30.3 Å². The lowest BCUT2D eigenvalue weighted by molar-refractivity contribution is -0.133. The lowest BCUT2D eigenvalue weighted by Crippen LogP contribution is -2.53. The summed E-state index contributed by atoms with van der Waals surface area (Å²) in [6.45, 7) is 5.82. The van der Waals surface area contributed by atoms with E-state index >= 15 is 0 Å². The minimum Gasteiger partial charge on any atom is -0.456 e. The number of rotatable bonds is 5. The number of hydrogen-bond donors (Lipinski definition) is 0. The lowest BCUT2D eigenvalue weighted by Gasteiger charge is -2.36. The molecule has 10 heteroatoms. The number of halogens is 3. The van der Waals surface area contributed by atoms with Crippen molar-refractivity contribution in [2.45, 2.75) is 46.0 Å². The molecule has 0 spiro atoms. The standard InChI is InChI=1S/C24H26F3N3O3S/c1-16-5-11-19(12-6-16)30-15-34-21(29(22(30)32)14-24(25,26)27)28-13-17-7-9-18(10-8-17)20(31)33-23(2,3)4/h5-12H,13-15H2,1-4H3. The molecule has 0 aliphatic carbocycles. The van der Waals surface area contributed by atoms with Gasteiger partial charge in [0.1, 0.15) is 12.1 Å². The predicted octanol–water partition coefficient (Wildman–Crippen LogP) is 6.00. The Morgan fingerprint density at radius 2 is 1.68 bits per heavy atom. The van der Waals surface area contributed by atoms with Crippen molar-refractivity contribution in [2.75, 3.05) is 17.3 Å². The fourth-order valence-corrected chi connectivity index (χ4v) is 4.04. The van der Waals surface area contributed by atoms with Gasteiger partial charge in [-0.25, -0.2) is 9.59 Å². The van der Waals surface area contributed by atoms with Crippen LogP contribution < -0.4 is 4.90 Å². The number of benzene rings is 2. The summed E-state index contributed by atoms with van der Waals surface area (Å²) in [6, 6.07) is 12.7. The molecule has 6 nitrogen and oxygen atoms in total. The molecule has 1 aliphatic heterocycles. The van der Waals surface area contributed by atoms with Crippen LogP contribution in [0.5, 0.6) is 0 Å². The molecule has 2 aromatic carbocycles. The monoisotopic (exact) mass is 493 g/mol. The number of anilines is 1. The van der Waals surface area contributed by atoms with Gasteiger partial charge in [0.25, 0.3) is 0 Å². The smallest absolute Gasteiger partial charge is 0.406 e. The fourth-order valence-electron chi connectivity index (χ4n) is 3.08. The first-order valence-electron chi connectivity index (χ1n) is 10.5. The molecule has 182 valence electrons. The third-order valence-corrected chi connectivity index (χ3v) is 5.68. The van der Waals surface area contributed by atoms with Crippen LogP contribution in [-0.2, 0) is 11.3 Å². The van der Waals surface area contributed by atoms with Crippen LogP contribution in [0, 0.1) is 6.92 Å². The van der Waals surface area contributed by atoms with Gasteiger partial charge in [0.2, 0.25) is 0 Å². The molecule has 0 saturated carbocycles. The quantitative estimate of drug-likeness (QED) is 0.479. The summed E-state index contributed by atoms with van der Waals surface area (Å²) in [7, 11) is 0. The van der Waals surface area contributed by atoms with Gasteiger partial charge in [-0.2, -0.15) is 13.2 Å². The Kier molecular flexibility index (Phi) is 7.60. The molecule has 2 aromatic rings. The van der Waals surface area contributed by atoms with Crippen molar-refractivity contribution in [1.82, 2.24) is 4.90 Å². The van der Waals surface area contributed by atoms with Crippen molar-refractivity contribution in [3.05, 3.63) is 65.2 Å². The van der Waals surface area contributed by atoms with Gasteiger partial charge in [-0.05, 0) is 57.5 Å². The summed E-state index contributed by atoms with van der Waals surface area (Å²) in [5, 5.41) is 0.00176. The average molecular weight is 494 g/mol. The fraction of sp³-hybridized carbons (Fsp3) is 0.375. The molecule has 0 N–H and O–H groups in total. The Bertz CT molecular complexity index is 1060. The van der Waals surface area contributed by atoms with E-state index in [0.717, 1.165) is 17.3 Å². The third-order valence-electron chi connectivity index (χ3n) is 4.68. The van der Waals surface area contributed by atoms with Gasteiger partial charge < -0.3 is 4.74 Å². The summed E-state index contributed by atoms with van der Waals surface area (Å²) in [5.41, 5.74) is 1.92. The van der Waals surface area contributed by atoms with Gasteiger partial charge in [-0.15, -0.1) is 0 Å². The molecular formula is C24H26F3N3O3S. The molecule has 3 rings (SSSR count). The number of hydrogen-bond acceptors (Lipinski definition) is 5. The largest absolute Gasteiger partial charge is 0.456 e. The minimum absolute atomic E-state index is 0.00176. The summed E-state index contributed by atoms with van der Waals surface area (Å²) in [5.74, 6) is -0.321. The van der Waals surface area contributed by atoms with E-state index in [0.29, 0.717) is 21.7 Å². The highest BCUT2D eigenvalue weighted by atomic mass is 32.2. The number of carbonyl (C=O) groups excluding carboxylic acids is 2. The van der Waals surface area contributed by atoms with Crippen molar-refractivity contribution < 1.29 is 27.5 Å². The van der Waals surface area contributed by atoms with Crippen LogP contribution in [0.25, 0.3) is 0 Å². The summed E-state index contributed by atoms with van der Waals surface area (Å²) in [4.78, 5) is 31.3. The normalized spacial score (nSPS) is 16.2. The van der Waals surface area contributed by atoms with Crippen molar-refractivity contribution in [2.24, 2.45) is 4.99 Å². The lowest BCUT2D eigenvalue weighted by atomic mass is 10.1. The van der Waals surface area contributed by atoms with Crippen LogP contribution in [0.2, 0.25) is 0 Å². The van der Waals surface area contributed by atoms with Gasteiger partial charge in [-0.1, -0.05) is 41.6 Å². The maximum absolute atomic E-state index is 13.2. The molecule has 1 fully saturated rings. The maximum atomic E-state index is 13.2. The van der Waals surface area contributed by atoms with Gasteiger partial charge in [0, 0.05) is 5.69 Å². The van der Waals surface area contributed by atoms with Gasteiger partial charge in [-0.3, -0.25) is 14.8 Å². The molecule has 2 amide bonds. The molecule has 0 aromatic heterocycles. The number of aliphatic imine (C=N–C) groups is 1. The SMILES string of the molecule is Cc1ccc(N2CSC(=NCc3ccc(C(=O)OC(C)(C)C)cc3)N(CC(F)(F)F)C2=O)cc1. The van der Waals surface area contributed by atoms with Crippen LogP contribution in [0.3, 0.4) is 0 Å². The van der Waals surface area contributed by atoms with Crippen molar-refractivity contribution in [3.8, 4) is 0 Å². The zero-order valence-corrected chi connectivity index (χ0v) is 20.2. The van der Waals surface area contributed by atoms with E-state index in [-0.39, 0.29) is 17.6 Å². The molecule has 34 heavy (non-hydrogen) atoms. The Balaban J connectivity index is 1.76. The Hall–Kier alpha value is -3.01. The summed E-state index contributed by atoms with van der Waals surface area (Å²) >= 11 is 1.06. The highest BCUT2D eigenvalue weighted by molar-refractivity contribution is 8.14. The Morgan fingerprint density at radius 3 is 2.24 bits per heavy atom. The van der Waals surface area contributed by atoms with Gasteiger partial charge >= 0.3 is 18.2 Å². The second-order valence-electron chi connectivity index (χ2n) is 8.82. The van der Waals surface area contributed by atoms with Crippen LogP contribution in [0.1, 0.15) is 42.3 Å². The van der Waals surface area contributed by atoms with E-state index in [1.165, 1.54) is 4.90 Å². The molecule has 1 aliphatic rings. The molecule has 1 heterocycles. The molecule has 0 atom stereocenters. The number of nitrogens with zero attached hydrogens (tertiary/aromatic N) is 3. The first kappa shape index (κ1) is 25.6. The average Bonchev–Trinajstić information content (AvgIpc) is 2.73. The van der Waals surface area contributed by atoms with Crippen molar-refractivity contribution in [1.29, 1.82) is 0 Å². The minimum atomic E-state index is -4.58. The second kappa shape index (κ2) is 10.1. The van der Waals surface area contributed by atoms with Crippen molar-refractivity contribution >= 4 is 34.6 Å². The summed E-state index contributed by atoms with van der Waals surface area (Å²) in [6.07, 6.45) is -4.58. The number of carbonyl (C=O) groups is 2. The first-order chi connectivity index (χ1) is 15.8. The second-order valence-corrected chi connectivity index (χ2v) is 9.73. The van der Waals surface area contributed by atoms with Crippen LogP contribution in [-0.4, -0.2) is 46.3 Å². The predicted molar refractivity (Wildman–Crippen MR) is 127 cm³/mol. The zero-order chi connectivity index (χ0) is 25.1. The van der Waals surface area contributed by atoms with Crippen LogP contribution in [0.15, 0.2) is 53.5 Å². The molecule has 1 saturated heterocycles. The Labute approximate surface area is 200 Å². The van der Waals surface area contributed by atoms with Gasteiger partial charge in [0.15, 0.2) is 5.17 Å². The summed E-state index contributed by atoms with van der Waals surface area (Å²) < 4.78 is 45.1. The number of amidine groups is 1. The molecular weight excluding hydrogens is 467 g/mol. The van der Waals surface area contributed by atoms with Crippen molar-refractivity contribution in [3.63, 3.8) is 0 Å². The maximum Gasteiger partial charge on any atom is 0.406 e. The number of amides is 2. The number of urea groups is 1. The van der Waals surface area contributed by atoms with Gasteiger partial charge in [0.05, 0.1) is 18.0 Å². The number of esters is 1. The molecule has 0 radical (unpaired) electrons. The number of alkyl halides is 3. The Morgan fingerprint density at radius 1 is 1.06 bits per heavy atom.